The second-order valence-corrected chi connectivity index (χ2v) is 4.38. The molecular formula is C11H14N2S. The van der Waals surface area contributed by atoms with Crippen LogP contribution in [0.1, 0.15) is 11.1 Å². The van der Waals surface area contributed by atoms with Crippen LogP contribution in [0, 0.1) is 6.92 Å². The van der Waals surface area contributed by atoms with E-state index in [-0.39, 0.29) is 0 Å². The fourth-order valence-electron chi connectivity index (χ4n) is 1.39. The first-order valence-corrected chi connectivity index (χ1v) is 5.74. The van der Waals surface area contributed by atoms with Crippen LogP contribution in [0.5, 0.6) is 0 Å². The van der Waals surface area contributed by atoms with Crippen molar-refractivity contribution in [1.82, 2.24) is 4.31 Å². The van der Waals surface area contributed by atoms with E-state index >= 15 is 0 Å². The molecule has 1 aromatic carbocycles. The van der Waals surface area contributed by atoms with Crippen LogP contribution in [0.15, 0.2) is 29.3 Å². The van der Waals surface area contributed by atoms with Crippen LogP contribution < -0.4 is 0 Å². The van der Waals surface area contributed by atoms with Gasteiger partial charge in [0.1, 0.15) is 0 Å². The Hall–Kier alpha value is -0.960. The van der Waals surface area contributed by atoms with E-state index in [1.54, 1.807) is 0 Å². The third-order valence-corrected chi connectivity index (χ3v) is 3.36. The van der Waals surface area contributed by atoms with Crippen molar-refractivity contribution in [2.24, 2.45) is 4.99 Å². The quantitative estimate of drug-likeness (QED) is 0.706. The van der Waals surface area contributed by atoms with Crippen molar-refractivity contribution in [1.29, 1.82) is 0 Å². The SMILES string of the molecule is Cc1ccccc1CSN1C=NCC1. The molecule has 0 radical (unpaired) electrons. The van der Waals surface area contributed by atoms with Gasteiger partial charge >= 0.3 is 0 Å². The maximum Gasteiger partial charge on any atom is 0.0950 e. The lowest BCUT2D eigenvalue weighted by Crippen LogP contribution is -2.10. The monoisotopic (exact) mass is 206 g/mol. The smallest absolute Gasteiger partial charge is 0.0950 e. The third-order valence-electron chi connectivity index (χ3n) is 2.31. The molecule has 0 saturated heterocycles. The summed E-state index contributed by atoms with van der Waals surface area (Å²) in [6.45, 7) is 4.16. The van der Waals surface area contributed by atoms with Crippen molar-refractivity contribution in [2.45, 2.75) is 12.7 Å². The van der Waals surface area contributed by atoms with Crippen LogP contribution in [0.3, 0.4) is 0 Å². The first-order chi connectivity index (χ1) is 6.86. The Bertz CT molecular complexity index is 336. The molecule has 0 fully saturated rings. The summed E-state index contributed by atoms with van der Waals surface area (Å²) in [5.74, 6) is 1.04. The summed E-state index contributed by atoms with van der Waals surface area (Å²) < 4.78 is 2.20. The lowest BCUT2D eigenvalue weighted by atomic mass is 10.1. The second kappa shape index (κ2) is 4.51. The van der Waals surface area contributed by atoms with Crippen LogP contribution >= 0.6 is 11.9 Å². The summed E-state index contributed by atoms with van der Waals surface area (Å²) in [5, 5.41) is 0. The molecule has 14 heavy (non-hydrogen) atoms. The third kappa shape index (κ3) is 2.29. The van der Waals surface area contributed by atoms with Gasteiger partial charge in [0.05, 0.1) is 19.4 Å². The van der Waals surface area contributed by atoms with Crippen molar-refractivity contribution in [3.8, 4) is 0 Å². The van der Waals surface area contributed by atoms with E-state index in [1.165, 1.54) is 11.1 Å². The Balaban J connectivity index is 1.91. The zero-order valence-electron chi connectivity index (χ0n) is 8.31. The van der Waals surface area contributed by atoms with E-state index in [4.69, 9.17) is 0 Å². The maximum atomic E-state index is 4.18. The maximum absolute atomic E-state index is 4.18. The standard InChI is InChI=1S/C11H14N2S/c1-10-4-2-3-5-11(10)8-14-13-7-6-12-9-13/h2-5,9H,6-8H2,1H3. The summed E-state index contributed by atoms with van der Waals surface area (Å²) in [5.41, 5.74) is 2.79. The highest BCUT2D eigenvalue weighted by molar-refractivity contribution is 7.96. The van der Waals surface area contributed by atoms with Gasteiger partial charge in [0.15, 0.2) is 0 Å². The Morgan fingerprint density at radius 1 is 1.43 bits per heavy atom. The summed E-state index contributed by atoms with van der Waals surface area (Å²) in [6.07, 6.45) is 1.93. The van der Waals surface area contributed by atoms with Gasteiger partial charge in [0.2, 0.25) is 0 Å². The predicted molar refractivity (Wildman–Crippen MR) is 62.5 cm³/mol. The van der Waals surface area contributed by atoms with Crippen LogP contribution in [-0.4, -0.2) is 23.7 Å². The van der Waals surface area contributed by atoms with Crippen molar-refractivity contribution < 1.29 is 0 Å². The average Bonchev–Trinajstić information content (AvgIpc) is 2.69. The summed E-state index contributed by atoms with van der Waals surface area (Å²) >= 11 is 1.84. The van der Waals surface area contributed by atoms with Gasteiger partial charge in [0, 0.05) is 5.75 Å². The lowest BCUT2D eigenvalue weighted by Gasteiger charge is -2.12. The van der Waals surface area contributed by atoms with E-state index in [2.05, 4.69) is 40.5 Å². The van der Waals surface area contributed by atoms with Crippen molar-refractivity contribution in [3.63, 3.8) is 0 Å². The Kier molecular flexibility index (Phi) is 3.09. The molecule has 0 saturated carbocycles. The van der Waals surface area contributed by atoms with Crippen LogP contribution in [-0.2, 0) is 5.75 Å². The fourth-order valence-corrected chi connectivity index (χ4v) is 2.36. The molecule has 0 aliphatic carbocycles. The Morgan fingerprint density at radius 3 is 3.00 bits per heavy atom. The molecule has 0 unspecified atom stereocenters. The minimum absolute atomic E-state index is 0.945. The molecule has 2 rings (SSSR count). The van der Waals surface area contributed by atoms with Crippen LogP contribution in [0.25, 0.3) is 0 Å². The van der Waals surface area contributed by atoms with Crippen LogP contribution in [0.4, 0.5) is 0 Å². The van der Waals surface area contributed by atoms with Crippen molar-refractivity contribution in [2.75, 3.05) is 13.1 Å². The van der Waals surface area contributed by atoms with Gasteiger partial charge in [-0.2, -0.15) is 0 Å². The molecule has 0 bridgehead atoms. The number of benzene rings is 1. The minimum Gasteiger partial charge on any atom is -0.305 e. The molecule has 1 aliphatic rings. The molecule has 3 heteroatoms. The van der Waals surface area contributed by atoms with E-state index in [0.717, 1.165) is 18.8 Å². The van der Waals surface area contributed by atoms with Gasteiger partial charge in [0.25, 0.3) is 0 Å². The van der Waals surface area contributed by atoms with Crippen molar-refractivity contribution >= 4 is 18.3 Å². The number of hydrogen-bond acceptors (Lipinski definition) is 3. The summed E-state index contributed by atoms with van der Waals surface area (Å²) in [4.78, 5) is 4.18. The van der Waals surface area contributed by atoms with E-state index in [0.29, 0.717) is 0 Å². The van der Waals surface area contributed by atoms with Gasteiger partial charge in [-0.15, -0.1) is 0 Å². The first-order valence-electron chi connectivity index (χ1n) is 4.80. The highest BCUT2D eigenvalue weighted by Gasteiger charge is 2.06. The minimum atomic E-state index is 0.945. The first kappa shape index (κ1) is 9.59. The van der Waals surface area contributed by atoms with Gasteiger partial charge in [-0.25, -0.2) is 0 Å². The zero-order valence-corrected chi connectivity index (χ0v) is 9.13. The molecule has 1 aliphatic heterocycles. The van der Waals surface area contributed by atoms with Crippen LogP contribution in [0.2, 0.25) is 0 Å². The molecular weight excluding hydrogens is 192 g/mol. The molecule has 0 atom stereocenters. The number of aryl methyl sites for hydroxylation is 1. The van der Waals surface area contributed by atoms with Gasteiger partial charge in [-0.05, 0) is 30.0 Å². The topological polar surface area (TPSA) is 15.6 Å². The highest BCUT2D eigenvalue weighted by atomic mass is 32.2. The molecule has 74 valence electrons. The number of nitrogens with zero attached hydrogens (tertiary/aromatic N) is 2. The van der Waals surface area contributed by atoms with Gasteiger partial charge < -0.3 is 4.31 Å². The molecule has 0 amide bonds. The Morgan fingerprint density at radius 2 is 2.29 bits per heavy atom. The summed E-state index contributed by atoms with van der Waals surface area (Å²) in [7, 11) is 0. The van der Waals surface area contributed by atoms with E-state index < -0.39 is 0 Å². The number of rotatable bonds is 3. The normalized spacial score (nSPS) is 15.1. The number of aliphatic imine (C=N–C) groups is 1. The average molecular weight is 206 g/mol. The number of hydrogen-bond donors (Lipinski definition) is 0. The summed E-state index contributed by atoms with van der Waals surface area (Å²) in [6, 6.07) is 8.53. The van der Waals surface area contributed by atoms with E-state index in [1.807, 2.05) is 18.3 Å². The predicted octanol–water partition coefficient (Wildman–Crippen LogP) is 2.49. The molecule has 0 aromatic heterocycles. The lowest BCUT2D eigenvalue weighted by molar-refractivity contribution is 0.747. The molecule has 0 N–H and O–H groups in total. The molecule has 1 heterocycles. The fraction of sp³-hybridized carbons (Fsp3) is 0.364. The largest absolute Gasteiger partial charge is 0.305 e. The van der Waals surface area contributed by atoms with Gasteiger partial charge in [-0.1, -0.05) is 24.3 Å². The van der Waals surface area contributed by atoms with E-state index in [9.17, 15) is 0 Å². The Labute approximate surface area is 89.2 Å². The molecule has 0 spiro atoms. The highest BCUT2D eigenvalue weighted by Crippen LogP contribution is 2.19. The van der Waals surface area contributed by atoms with Gasteiger partial charge in [-0.3, -0.25) is 4.99 Å². The molecule has 1 aromatic rings. The zero-order chi connectivity index (χ0) is 9.80. The second-order valence-electron chi connectivity index (χ2n) is 3.36. The van der Waals surface area contributed by atoms with Crippen molar-refractivity contribution in [3.05, 3.63) is 35.4 Å². The molecule has 2 nitrogen and oxygen atoms in total.